The summed E-state index contributed by atoms with van der Waals surface area (Å²) in [5, 5.41) is 6.53. The lowest BCUT2D eigenvalue weighted by atomic mass is 9.91. The van der Waals surface area contributed by atoms with Crippen LogP contribution in [0.2, 0.25) is 0 Å². The number of piperazine rings is 1. The highest BCUT2D eigenvalue weighted by Crippen LogP contribution is 2.35. The molecule has 1 aliphatic carbocycles. The highest BCUT2D eigenvalue weighted by Gasteiger charge is 2.29. The van der Waals surface area contributed by atoms with Gasteiger partial charge in [-0.2, -0.15) is 4.98 Å². The van der Waals surface area contributed by atoms with E-state index < -0.39 is 0 Å². The minimum Gasteiger partial charge on any atom is -0.368 e. The molecule has 6 heterocycles. The zero-order valence-electron chi connectivity index (χ0n) is 26.9. The number of piperidine rings is 1. The van der Waals surface area contributed by atoms with Crippen LogP contribution in [0.1, 0.15) is 72.2 Å². The van der Waals surface area contributed by atoms with Gasteiger partial charge in [-0.25, -0.2) is 9.97 Å². The number of pyridine rings is 2. The molecular weight excluding hydrogens is 596 g/mol. The van der Waals surface area contributed by atoms with Gasteiger partial charge in [-0.3, -0.25) is 29.6 Å². The highest BCUT2D eigenvalue weighted by atomic mass is 16.2. The number of nitrogens with one attached hydrogen (secondary N) is 2. The van der Waals surface area contributed by atoms with Gasteiger partial charge in [-0.05, 0) is 49.1 Å². The molecule has 0 bridgehead atoms. The zero-order chi connectivity index (χ0) is 32.5. The van der Waals surface area contributed by atoms with Gasteiger partial charge in [0.1, 0.15) is 17.2 Å². The summed E-state index contributed by atoms with van der Waals surface area (Å²) in [5.41, 5.74) is 4.30. The third kappa shape index (κ3) is 6.53. The Bertz CT molecular complexity index is 1770. The first kappa shape index (κ1) is 30.7. The molecule has 1 unspecified atom stereocenters. The van der Waals surface area contributed by atoms with Gasteiger partial charge in [0.15, 0.2) is 0 Å². The number of imide groups is 1. The van der Waals surface area contributed by atoms with Gasteiger partial charge in [-0.1, -0.05) is 18.9 Å². The fourth-order valence-electron chi connectivity index (χ4n) is 6.90. The average molecular weight is 637 g/mol. The van der Waals surface area contributed by atoms with E-state index in [9.17, 15) is 14.4 Å². The van der Waals surface area contributed by atoms with Gasteiger partial charge >= 0.3 is 0 Å². The van der Waals surface area contributed by atoms with Crippen molar-refractivity contribution in [1.82, 2.24) is 39.6 Å². The van der Waals surface area contributed by atoms with Gasteiger partial charge in [0.2, 0.25) is 17.8 Å². The molecule has 13 nitrogen and oxygen atoms in total. The van der Waals surface area contributed by atoms with Crippen molar-refractivity contribution in [1.29, 1.82) is 0 Å². The topological polar surface area (TPSA) is 141 Å². The standard InChI is InChI=1S/C34H40N10O3/c1-41(2)33(47)28-17-23-19-37-34(40-31(23)44(28)25-5-3-4-6-25)38-29-11-9-26(20-36-29)43-15-13-42(14-16-43)21-24-8-7-22(18-35-24)27-10-12-30(45)39-32(27)46/h7-9,11,17-20,25,27H,3-6,10,12-16,21H2,1-2H3,(H,39,45,46)(H,36,37,38,40). The normalized spacial score (nSPS) is 19.3. The van der Waals surface area contributed by atoms with E-state index in [1.807, 2.05) is 30.5 Å². The van der Waals surface area contributed by atoms with Crippen molar-refractivity contribution in [2.45, 2.75) is 57.0 Å². The van der Waals surface area contributed by atoms with E-state index in [1.54, 1.807) is 31.4 Å². The third-order valence-electron chi connectivity index (χ3n) is 9.49. The van der Waals surface area contributed by atoms with Crippen molar-refractivity contribution in [3.63, 3.8) is 0 Å². The second-order valence-electron chi connectivity index (χ2n) is 12.9. The molecule has 3 aliphatic rings. The van der Waals surface area contributed by atoms with E-state index in [0.29, 0.717) is 30.3 Å². The van der Waals surface area contributed by atoms with Crippen LogP contribution in [0.5, 0.6) is 0 Å². The number of fused-ring (bicyclic) bond motifs is 1. The summed E-state index contributed by atoms with van der Waals surface area (Å²) in [4.78, 5) is 61.6. The SMILES string of the molecule is CN(C)C(=O)c1cc2cnc(Nc3ccc(N4CCN(Cc5ccc(C6CCC(=O)NC6=O)cn5)CC4)cn3)nc2n1C1CCCC1. The molecule has 0 spiro atoms. The number of hydrogen-bond acceptors (Lipinski definition) is 10. The molecule has 3 amide bonds. The van der Waals surface area contributed by atoms with E-state index in [2.05, 4.69) is 46.0 Å². The first-order chi connectivity index (χ1) is 22.8. The van der Waals surface area contributed by atoms with Gasteiger partial charge in [0.05, 0.1) is 23.5 Å². The Balaban J connectivity index is 0.959. The highest BCUT2D eigenvalue weighted by molar-refractivity contribution is 6.01. The maximum absolute atomic E-state index is 13.0. The van der Waals surface area contributed by atoms with Crippen LogP contribution in [-0.2, 0) is 16.1 Å². The Kier molecular flexibility index (Phi) is 8.54. The summed E-state index contributed by atoms with van der Waals surface area (Å²) in [6, 6.07) is 10.1. The van der Waals surface area contributed by atoms with Crippen LogP contribution in [0, 0.1) is 0 Å². The van der Waals surface area contributed by atoms with E-state index >= 15 is 0 Å². The summed E-state index contributed by atoms with van der Waals surface area (Å²) in [7, 11) is 3.55. The van der Waals surface area contributed by atoms with Crippen LogP contribution in [0.4, 0.5) is 17.5 Å². The Morgan fingerprint density at radius 3 is 2.45 bits per heavy atom. The molecule has 2 saturated heterocycles. The summed E-state index contributed by atoms with van der Waals surface area (Å²) < 4.78 is 2.11. The van der Waals surface area contributed by atoms with Crippen molar-refractivity contribution in [3.8, 4) is 0 Å². The molecule has 47 heavy (non-hydrogen) atoms. The first-order valence-corrected chi connectivity index (χ1v) is 16.4. The molecule has 0 aromatic carbocycles. The van der Waals surface area contributed by atoms with Gasteiger partial charge in [0.25, 0.3) is 5.91 Å². The summed E-state index contributed by atoms with van der Waals surface area (Å²) in [5.74, 6) is 0.319. The molecule has 7 rings (SSSR count). The molecule has 3 fully saturated rings. The minimum atomic E-state index is -0.314. The quantitative estimate of drug-likeness (QED) is 0.276. The Labute approximate surface area is 273 Å². The van der Waals surface area contributed by atoms with Crippen LogP contribution in [0.25, 0.3) is 11.0 Å². The smallest absolute Gasteiger partial charge is 0.270 e. The first-order valence-electron chi connectivity index (χ1n) is 16.4. The summed E-state index contributed by atoms with van der Waals surface area (Å²) in [6.07, 6.45) is 10.7. The van der Waals surface area contributed by atoms with Crippen molar-refractivity contribution >= 4 is 46.2 Å². The molecule has 2 aliphatic heterocycles. The third-order valence-corrected chi connectivity index (χ3v) is 9.49. The Morgan fingerprint density at radius 1 is 0.957 bits per heavy atom. The summed E-state index contributed by atoms with van der Waals surface area (Å²) in [6.45, 7) is 4.26. The molecule has 244 valence electrons. The number of anilines is 3. The van der Waals surface area contributed by atoms with Crippen LogP contribution in [0.15, 0.2) is 48.9 Å². The number of carbonyl (C=O) groups is 3. The molecule has 13 heteroatoms. The van der Waals surface area contributed by atoms with E-state index in [1.165, 1.54) is 0 Å². The van der Waals surface area contributed by atoms with E-state index in [0.717, 1.165) is 86.4 Å². The fourth-order valence-corrected chi connectivity index (χ4v) is 6.90. The van der Waals surface area contributed by atoms with Gasteiger partial charge in [0, 0.05) is 77.1 Å². The van der Waals surface area contributed by atoms with Gasteiger partial charge < -0.3 is 19.7 Å². The number of nitrogens with zero attached hydrogens (tertiary/aromatic N) is 8. The molecular formula is C34H40N10O3. The number of carbonyl (C=O) groups excluding carboxylic acids is 3. The zero-order valence-corrected chi connectivity index (χ0v) is 26.9. The van der Waals surface area contributed by atoms with E-state index in [-0.39, 0.29) is 29.7 Å². The molecule has 4 aromatic rings. The second-order valence-corrected chi connectivity index (χ2v) is 12.9. The molecule has 1 atom stereocenters. The molecule has 2 N–H and O–H groups in total. The van der Waals surface area contributed by atoms with Crippen molar-refractivity contribution in [3.05, 3.63) is 65.9 Å². The van der Waals surface area contributed by atoms with Crippen LogP contribution >= 0.6 is 0 Å². The van der Waals surface area contributed by atoms with Gasteiger partial charge in [-0.15, -0.1) is 0 Å². The number of rotatable bonds is 8. The fraction of sp³-hybridized carbons (Fsp3) is 0.441. The lowest BCUT2D eigenvalue weighted by Crippen LogP contribution is -2.46. The largest absolute Gasteiger partial charge is 0.368 e. The lowest BCUT2D eigenvalue weighted by molar-refractivity contribution is -0.134. The number of hydrogen-bond donors (Lipinski definition) is 2. The average Bonchev–Trinajstić information content (AvgIpc) is 3.74. The Hall–Kier alpha value is -4.91. The van der Waals surface area contributed by atoms with Crippen molar-refractivity contribution in [2.75, 3.05) is 50.5 Å². The second kappa shape index (κ2) is 13.1. The van der Waals surface area contributed by atoms with E-state index in [4.69, 9.17) is 4.98 Å². The Morgan fingerprint density at radius 2 is 1.77 bits per heavy atom. The maximum Gasteiger partial charge on any atom is 0.270 e. The number of amides is 3. The summed E-state index contributed by atoms with van der Waals surface area (Å²) >= 11 is 0. The minimum absolute atomic E-state index is 0.0279. The van der Waals surface area contributed by atoms with Crippen LogP contribution in [-0.4, -0.2) is 92.3 Å². The molecule has 1 saturated carbocycles. The van der Waals surface area contributed by atoms with Crippen LogP contribution in [0.3, 0.4) is 0 Å². The molecule has 4 aromatic heterocycles. The predicted octanol–water partition coefficient (Wildman–Crippen LogP) is 3.62. The molecule has 0 radical (unpaired) electrons. The monoisotopic (exact) mass is 636 g/mol. The maximum atomic E-state index is 13.0. The lowest BCUT2D eigenvalue weighted by Gasteiger charge is -2.35. The van der Waals surface area contributed by atoms with Crippen molar-refractivity contribution < 1.29 is 14.4 Å². The number of aromatic nitrogens is 5. The predicted molar refractivity (Wildman–Crippen MR) is 177 cm³/mol. The van der Waals surface area contributed by atoms with Crippen molar-refractivity contribution in [2.24, 2.45) is 0 Å². The van der Waals surface area contributed by atoms with Crippen LogP contribution < -0.4 is 15.5 Å².